The van der Waals surface area contributed by atoms with E-state index in [9.17, 15) is 5.11 Å². The molecule has 26 heavy (non-hydrogen) atoms. The van der Waals surface area contributed by atoms with Crippen molar-refractivity contribution < 1.29 is 9.84 Å². The third kappa shape index (κ3) is 3.09. The minimum absolute atomic E-state index is 0.187. The van der Waals surface area contributed by atoms with Gasteiger partial charge in [-0.15, -0.1) is 11.3 Å². The number of fused-ring (bicyclic) bond motifs is 1. The third-order valence-electron chi connectivity index (χ3n) is 4.22. The maximum Gasteiger partial charge on any atom is 0.210 e. The van der Waals surface area contributed by atoms with Crippen LogP contribution in [0.1, 0.15) is 16.0 Å². The lowest BCUT2D eigenvalue weighted by atomic mass is 10.1. The lowest BCUT2D eigenvalue weighted by Gasteiger charge is -2.05. The van der Waals surface area contributed by atoms with Crippen LogP contribution < -0.4 is 4.74 Å². The highest BCUT2D eigenvalue weighted by Crippen LogP contribution is 2.37. The van der Waals surface area contributed by atoms with E-state index in [-0.39, 0.29) is 5.88 Å². The van der Waals surface area contributed by atoms with Crippen LogP contribution in [-0.4, -0.2) is 23.0 Å². The van der Waals surface area contributed by atoms with Gasteiger partial charge in [0.25, 0.3) is 0 Å². The van der Waals surface area contributed by atoms with Gasteiger partial charge in [-0.1, -0.05) is 30.3 Å². The van der Waals surface area contributed by atoms with Gasteiger partial charge in [0.05, 0.1) is 24.2 Å². The van der Waals surface area contributed by atoms with Gasteiger partial charge in [0.1, 0.15) is 5.75 Å². The van der Waals surface area contributed by atoms with Gasteiger partial charge in [-0.3, -0.25) is 9.56 Å². The molecule has 3 aromatic rings. The molecule has 4 nitrogen and oxygen atoms in total. The molecule has 0 spiro atoms. The van der Waals surface area contributed by atoms with Crippen molar-refractivity contribution in [3.63, 3.8) is 0 Å². The third-order valence-corrected chi connectivity index (χ3v) is 5.61. The zero-order chi connectivity index (χ0) is 18.1. The fourth-order valence-corrected chi connectivity index (χ4v) is 4.13. The summed E-state index contributed by atoms with van der Waals surface area (Å²) in [5.41, 5.74) is 3.92. The minimum Gasteiger partial charge on any atom is -0.497 e. The summed E-state index contributed by atoms with van der Waals surface area (Å²) in [6.07, 6.45) is 3.73. The van der Waals surface area contributed by atoms with Crippen molar-refractivity contribution >= 4 is 47.1 Å². The summed E-state index contributed by atoms with van der Waals surface area (Å²) in [5.74, 6) is 0.960. The van der Waals surface area contributed by atoms with Gasteiger partial charge >= 0.3 is 0 Å². The van der Waals surface area contributed by atoms with Crippen molar-refractivity contribution in [3.05, 3.63) is 68.5 Å². The second-order valence-electron chi connectivity index (χ2n) is 5.87. The van der Waals surface area contributed by atoms with Crippen LogP contribution in [-0.2, 0) is 6.54 Å². The smallest absolute Gasteiger partial charge is 0.210 e. The summed E-state index contributed by atoms with van der Waals surface area (Å²) in [6.45, 7) is 0.549. The van der Waals surface area contributed by atoms with Gasteiger partial charge in [-0.05, 0) is 36.0 Å². The number of rotatable bonds is 4. The van der Waals surface area contributed by atoms with Gasteiger partial charge in [0.15, 0.2) is 3.95 Å². The number of aromatic hydroxyl groups is 1. The Morgan fingerprint density at radius 3 is 2.81 bits per heavy atom. The molecule has 1 aromatic heterocycles. The van der Waals surface area contributed by atoms with Crippen molar-refractivity contribution in [2.45, 2.75) is 6.54 Å². The van der Waals surface area contributed by atoms with Gasteiger partial charge < -0.3 is 9.84 Å². The molecule has 1 N–H and O–H groups in total. The molecule has 0 atom stereocenters. The Morgan fingerprint density at radius 1 is 1.23 bits per heavy atom. The van der Waals surface area contributed by atoms with Gasteiger partial charge in [-0.25, -0.2) is 0 Å². The van der Waals surface area contributed by atoms with E-state index in [1.807, 2.05) is 54.6 Å². The molecule has 1 aliphatic heterocycles. The summed E-state index contributed by atoms with van der Waals surface area (Å²) in [4.78, 5) is 5.16. The van der Waals surface area contributed by atoms with Gasteiger partial charge in [0.2, 0.25) is 5.88 Å². The van der Waals surface area contributed by atoms with E-state index in [1.54, 1.807) is 17.9 Å². The summed E-state index contributed by atoms with van der Waals surface area (Å²) >= 11 is 6.85. The van der Waals surface area contributed by atoms with E-state index in [4.69, 9.17) is 17.0 Å². The molecule has 0 saturated carbocycles. The number of ether oxygens (including phenoxy) is 1. The molecule has 6 heteroatoms. The summed E-state index contributed by atoms with van der Waals surface area (Å²) in [7, 11) is 1.64. The average Bonchev–Trinajstić information content (AvgIpc) is 3.18. The molecule has 0 radical (unpaired) electrons. The predicted molar refractivity (Wildman–Crippen MR) is 109 cm³/mol. The van der Waals surface area contributed by atoms with Crippen LogP contribution in [0.4, 0.5) is 5.69 Å². The molecule has 130 valence electrons. The molecule has 0 amide bonds. The summed E-state index contributed by atoms with van der Waals surface area (Å²) in [6, 6.07) is 15.7. The first kappa shape index (κ1) is 16.8. The number of aliphatic imine (C=N–C) groups is 1. The van der Waals surface area contributed by atoms with Crippen molar-refractivity contribution in [1.29, 1.82) is 0 Å². The van der Waals surface area contributed by atoms with E-state index < -0.39 is 0 Å². The molecule has 0 fully saturated rings. The Labute approximate surface area is 160 Å². The number of nitrogens with zero attached hydrogens (tertiary/aromatic N) is 2. The number of benzene rings is 2. The van der Waals surface area contributed by atoms with E-state index in [2.05, 4.69) is 4.99 Å². The molecule has 4 rings (SSSR count). The van der Waals surface area contributed by atoms with E-state index in [1.165, 1.54) is 11.3 Å². The predicted octanol–water partition coefficient (Wildman–Crippen LogP) is 5.30. The van der Waals surface area contributed by atoms with Gasteiger partial charge in [0, 0.05) is 23.4 Å². The highest BCUT2D eigenvalue weighted by Gasteiger charge is 2.16. The fraction of sp³-hybridized carbons (Fsp3) is 0.100. The standard InChI is InChI=1S/C20H16N2O2S2/c1-24-15-7-8-16-14(11-21-17(16)10-15)9-18-19(23)22(20(25)26-18)12-13-5-3-2-4-6-13/h2-11,23H,12H2,1H3. The molecule has 1 aliphatic rings. The number of hydrogen-bond acceptors (Lipinski definition) is 5. The second-order valence-corrected chi connectivity index (χ2v) is 7.54. The highest BCUT2D eigenvalue weighted by molar-refractivity contribution is 7.73. The van der Waals surface area contributed by atoms with Crippen molar-refractivity contribution in [3.8, 4) is 11.6 Å². The number of hydrogen-bond donors (Lipinski definition) is 1. The summed E-state index contributed by atoms with van der Waals surface area (Å²) < 4.78 is 7.63. The molecule has 0 bridgehead atoms. The number of methoxy groups -OCH3 is 1. The molecular weight excluding hydrogens is 364 g/mol. The largest absolute Gasteiger partial charge is 0.497 e. The Morgan fingerprint density at radius 2 is 2.04 bits per heavy atom. The van der Waals surface area contributed by atoms with Crippen LogP contribution in [0.15, 0.2) is 53.5 Å². The van der Waals surface area contributed by atoms with Crippen LogP contribution in [0.25, 0.3) is 11.6 Å². The lowest BCUT2D eigenvalue weighted by molar-refractivity contribution is 0.415. The topological polar surface area (TPSA) is 46.8 Å². The second kappa shape index (κ2) is 6.90. The first-order valence-corrected chi connectivity index (χ1v) is 9.29. The minimum atomic E-state index is 0.187. The first-order valence-electron chi connectivity index (χ1n) is 8.06. The Bertz CT molecular complexity index is 1080. The Balaban J connectivity index is 1.69. The zero-order valence-electron chi connectivity index (χ0n) is 14.0. The Kier molecular flexibility index (Phi) is 4.44. The van der Waals surface area contributed by atoms with Crippen LogP contribution >= 0.6 is 23.6 Å². The van der Waals surface area contributed by atoms with Crippen molar-refractivity contribution in [2.75, 3.05) is 7.11 Å². The number of allylic oxidation sites excluding steroid dienone is 1. The molecule has 2 heterocycles. The number of thiazole rings is 1. The van der Waals surface area contributed by atoms with Crippen LogP contribution in [0, 0.1) is 3.95 Å². The zero-order valence-corrected chi connectivity index (χ0v) is 15.7. The quantitative estimate of drug-likeness (QED) is 0.625. The van der Waals surface area contributed by atoms with Gasteiger partial charge in [-0.2, -0.15) is 0 Å². The highest BCUT2D eigenvalue weighted by atomic mass is 32.1. The van der Waals surface area contributed by atoms with Crippen LogP contribution in [0.5, 0.6) is 11.6 Å². The van der Waals surface area contributed by atoms with Crippen LogP contribution in [0.2, 0.25) is 0 Å². The van der Waals surface area contributed by atoms with Crippen molar-refractivity contribution in [2.24, 2.45) is 4.99 Å². The maximum absolute atomic E-state index is 10.7. The van der Waals surface area contributed by atoms with Crippen molar-refractivity contribution in [1.82, 2.24) is 4.57 Å². The van der Waals surface area contributed by atoms with E-state index >= 15 is 0 Å². The molecule has 2 aromatic carbocycles. The Hall–Kier alpha value is -2.70. The monoisotopic (exact) mass is 380 g/mol. The molecule has 0 aliphatic carbocycles. The average molecular weight is 380 g/mol. The fourth-order valence-electron chi connectivity index (χ4n) is 2.87. The SMILES string of the molecule is COc1ccc2c(c1)N=CC2=Cc1sc(=S)n(Cc2ccccc2)c1O. The first-order chi connectivity index (χ1) is 12.7. The maximum atomic E-state index is 10.7. The normalized spacial score (nSPS) is 14.0. The molecular formula is C20H16N2O2S2. The summed E-state index contributed by atoms with van der Waals surface area (Å²) in [5, 5.41) is 10.7. The molecule has 0 unspecified atom stereocenters. The number of aromatic nitrogens is 1. The van der Waals surface area contributed by atoms with Crippen LogP contribution in [0.3, 0.4) is 0 Å². The van der Waals surface area contributed by atoms with E-state index in [0.29, 0.717) is 10.5 Å². The van der Waals surface area contributed by atoms with E-state index in [0.717, 1.165) is 33.0 Å². The molecule has 0 saturated heterocycles. The lowest BCUT2D eigenvalue weighted by Crippen LogP contribution is -1.98.